The van der Waals surface area contributed by atoms with Crippen LogP contribution in [0, 0.1) is 17.5 Å². The minimum atomic E-state index is -1.57. The predicted molar refractivity (Wildman–Crippen MR) is 70.3 cm³/mol. The van der Waals surface area contributed by atoms with E-state index in [0.29, 0.717) is 5.56 Å². The fraction of sp³-hybridized carbons (Fsp3) is 0.0714. The maximum atomic E-state index is 13.0. The van der Waals surface area contributed by atoms with Crippen LogP contribution in [0.4, 0.5) is 24.5 Å². The van der Waals surface area contributed by atoms with Crippen LogP contribution >= 0.6 is 0 Å². The van der Waals surface area contributed by atoms with Gasteiger partial charge in [-0.1, -0.05) is 0 Å². The molecule has 104 valence electrons. The van der Waals surface area contributed by atoms with Crippen LogP contribution in [0.1, 0.15) is 10.4 Å². The molecule has 2 rings (SSSR count). The van der Waals surface area contributed by atoms with Gasteiger partial charge in [0.25, 0.3) is 5.91 Å². The van der Waals surface area contributed by atoms with E-state index in [2.05, 4.69) is 10.6 Å². The molecule has 2 N–H and O–H groups in total. The molecular formula is C14H11F3N2O. The van der Waals surface area contributed by atoms with Crippen molar-refractivity contribution >= 4 is 17.3 Å². The van der Waals surface area contributed by atoms with E-state index in [1.807, 2.05) is 0 Å². The van der Waals surface area contributed by atoms with Gasteiger partial charge in [-0.3, -0.25) is 4.79 Å². The Morgan fingerprint density at radius 2 is 1.50 bits per heavy atom. The lowest BCUT2D eigenvalue weighted by molar-refractivity contribution is 0.102. The Morgan fingerprint density at radius 3 is 2.00 bits per heavy atom. The molecule has 20 heavy (non-hydrogen) atoms. The van der Waals surface area contributed by atoms with E-state index in [4.69, 9.17) is 0 Å². The summed E-state index contributed by atoms with van der Waals surface area (Å²) in [6.45, 7) is 0. The summed E-state index contributed by atoms with van der Waals surface area (Å²) in [6, 6.07) is 7.91. The first-order chi connectivity index (χ1) is 9.51. The van der Waals surface area contributed by atoms with Crippen molar-refractivity contribution in [3.05, 3.63) is 59.4 Å². The van der Waals surface area contributed by atoms with Crippen LogP contribution in [0.5, 0.6) is 0 Å². The van der Waals surface area contributed by atoms with E-state index in [9.17, 15) is 18.0 Å². The van der Waals surface area contributed by atoms with Crippen molar-refractivity contribution in [1.82, 2.24) is 0 Å². The molecule has 0 saturated carbocycles. The standard InChI is InChI=1S/C14H11F3N2O/c1-18-9-4-2-8(3-5-9)14(20)19-10-6-11(15)13(17)12(16)7-10/h2-7,18H,1H3,(H,19,20). The van der Waals surface area contributed by atoms with E-state index in [0.717, 1.165) is 17.8 Å². The Balaban J connectivity index is 2.18. The highest BCUT2D eigenvalue weighted by atomic mass is 19.2. The number of halogens is 3. The summed E-state index contributed by atoms with van der Waals surface area (Å²) < 4.78 is 38.8. The quantitative estimate of drug-likeness (QED) is 0.846. The molecule has 0 bridgehead atoms. The molecule has 0 saturated heterocycles. The van der Waals surface area contributed by atoms with Gasteiger partial charge in [-0.2, -0.15) is 0 Å². The van der Waals surface area contributed by atoms with Gasteiger partial charge in [0, 0.05) is 36.1 Å². The molecular weight excluding hydrogens is 269 g/mol. The number of carbonyl (C=O) groups excluding carboxylic acids is 1. The number of nitrogens with one attached hydrogen (secondary N) is 2. The fourth-order valence-corrected chi connectivity index (χ4v) is 1.62. The molecule has 0 unspecified atom stereocenters. The Hall–Kier alpha value is -2.50. The minimum Gasteiger partial charge on any atom is -0.388 e. The zero-order valence-corrected chi connectivity index (χ0v) is 10.5. The smallest absolute Gasteiger partial charge is 0.255 e. The van der Waals surface area contributed by atoms with Crippen LogP contribution < -0.4 is 10.6 Å². The molecule has 0 heterocycles. The van der Waals surface area contributed by atoms with Crippen LogP contribution in [-0.4, -0.2) is 13.0 Å². The summed E-state index contributed by atoms with van der Waals surface area (Å²) in [7, 11) is 1.74. The maximum absolute atomic E-state index is 13.0. The largest absolute Gasteiger partial charge is 0.388 e. The summed E-state index contributed by atoms with van der Waals surface area (Å²) in [6.07, 6.45) is 0. The third-order valence-corrected chi connectivity index (χ3v) is 2.68. The third kappa shape index (κ3) is 2.90. The topological polar surface area (TPSA) is 41.1 Å². The first kappa shape index (κ1) is 13.9. The molecule has 0 aromatic heterocycles. The highest BCUT2D eigenvalue weighted by Gasteiger charge is 2.13. The normalized spacial score (nSPS) is 10.2. The lowest BCUT2D eigenvalue weighted by atomic mass is 10.2. The zero-order valence-electron chi connectivity index (χ0n) is 10.5. The van der Waals surface area contributed by atoms with Gasteiger partial charge in [-0.15, -0.1) is 0 Å². The predicted octanol–water partition coefficient (Wildman–Crippen LogP) is 3.40. The average Bonchev–Trinajstić information content (AvgIpc) is 2.44. The number of benzene rings is 2. The molecule has 0 spiro atoms. The van der Waals surface area contributed by atoms with E-state index in [1.54, 1.807) is 31.3 Å². The average molecular weight is 280 g/mol. The van der Waals surface area contributed by atoms with Crippen molar-refractivity contribution in [3.8, 4) is 0 Å². The highest BCUT2D eigenvalue weighted by Crippen LogP contribution is 2.18. The molecule has 1 amide bonds. The molecule has 0 radical (unpaired) electrons. The van der Waals surface area contributed by atoms with Gasteiger partial charge in [-0.05, 0) is 24.3 Å². The number of carbonyl (C=O) groups is 1. The van der Waals surface area contributed by atoms with Gasteiger partial charge < -0.3 is 10.6 Å². The van der Waals surface area contributed by atoms with Crippen LogP contribution in [-0.2, 0) is 0 Å². The van der Waals surface area contributed by atoms with E-state index in [-0.39, 0.29) is 5.69 Å². The lowest BCUT2D eigenvalue weighted by Gasteiger charge is -2.07. The van der Waals surface area contributed by atoms with E-state index < -0.39 is 23.4 Å². The second kappa shape index (κ2) is 5.64. The molecule has 2 aromatic rings. The van der Waals surface area contributed by atoms with Gasteiger partial charge in [0.1, 0.15) is 0 Å². The molecule has 0 fully saturated rings. The Bertz CT molecular complexity index is 618. The van der Waals surface area contributed by atoms with Crippen LogP contribution in [0.25, 0.3) is 0 Å². The number of hydrogen-bond donors (Lipinski definition) is 2. The number of amides is 1. The second-order valence-electron chi connectivity index (χ2n) is 4.04. The summed E-state index contributed by atoms with van der Waals surface area (Å²) in [5.41, 5.74) is 0.985. The van der Waals surface area contributed by atoms with Crippen molar-refractivity contribution in [2.75, 3.05) is 17.7 Å². The molecule has 0 aliphatic carbocycles. The van der Waals surface area contributed by atoms with Crippen molar-refractivity contribution in [1.29, 1.82) is 0 Å². The zero-order chi connectivity index (χ0) is 14.7. The van der Waals surface area contributed by atoms with Gasteiger partial charge >= 0.3 is 0 Å². The van der Waals surface area contributed by atoms with Crippen molar-refractivity contribution in [2.24, 2.45) is 0 Å². The lowest BCUT2D eigenvalue weighted by Crippen LogP contribution is -2.12. The fourth-order valence-electron chi connectivity index (χ4n) is 1.62. The second-order valence-corrected chi connectivity index (χ2v) is 4.04. The molecule has 6 heteroatoms. The number of anilines is 2. The van der Waals surface area contributed by atoms with Crippen LogP contribution in [0.2, 0.25) is 0 Å². The summed E-state index contributed by atoms with van der Waals surface area (Å²) in [5, 5.41) is 5.19. The Morgan fingerprint density at radius 1 is 0.950 bits per heavy atom. The molecule has 0 aliphatic rings. The Kier molecular flexibility index (Phi) is 3.93. The summed E-state index contributed by atoms with van der Waals surface area (Å²) >= 11 is 0. The highest BCUT2D eigenvalue weighted by molar-refractivity contribution is 6.04. The van der Waals surface area contributed by atoms with Gasteiger partial charge in [-0.25, -0.2) is 13.2 Å². The number of rotatable bonds is 3. The van der Waals surface area contributed by atoms with Gasteiger partial charge in [0.2, 0.25) is 0 Å². The maximum Gasteiger partial charge on any atom is 0.255 e. The van der Waals surface area contributed by atoms with Crippen LogP contribution in [0.15, 0.2) is 36.4 Å². The summed E-state index contributed by atoms with van der Waals surface area (Å²) in [4.78, 5) is 11.9. The summed E-state index contributed by atoms with van der Waals surface area (Å²) in [5.74, 6) is -4.82. The molecule has 0 atom stereocenters. The van der Waals surface area contributed by atoms with E-state index >= 15 is 0 Å². The minimum absolute atomic E-state index is 0.149. The van der Waals surface area contributed by atoms with Crippen molar-refractivity contribution < 1.29 is 18.0 Å². The van der Waals surface area contributed by atoms with Gasteiger partial charge in [0.05, 0.1) is 0 Å². The molecule has 0 aliphatic heterocycles. The molecule has 2 aromatic carbocycles. The monoisotopic (exact) mass is 280 g/mol. The van der Waals surface area contributed by atoms with E-state index in [1.165, 1.54) is 0 Å². The molecule has 3 nitrogen and oxygen atoms in total. The SMILES string of the molecule is CNc1ccc(C(=O)Nc2cc(F)c(F)c(F)c2)cc1. The van der Waals surface area contributed by atoms with Crippen LogP contribution in [0.3, 0.4) is 0 Å². The van der Waals surface area contributed by atoms with Crippen molar-refractivity contribution in [3.63, 3.8) is 0 Å². The first-order valence-electron chi connectivity index (χ1n) is 5.75. The Labute approximate surface area is 113 Å². The third-order valence-electron chi connectivity index (χ3n) is 2.68. The van der Waals surface area contributed by atoms with Gasteiger partial charge in [0.15, 0.2) is 17.5 Å². The number of hydrogen-bond acceptors (Lipinski definition) is 2. The van der Waals surface area contributed by atoms with Crippen molar-refractivity contribution in [2.45, 2.75) is 0 Å². The first-order valence-corrected chi connectivity index (χ1v) is 5.75.